The molecule has 0 unspecified atom stereocenters. The Kier molecular flexibility index (Phi) is 8.61. The fourth-order valence-corrected chi connectivity index (χ4v) is 3.92. The summed E-state index contributed by atoms with van der Waals surface area (Å²) in [6.45, 7) is 6.76. The fourth-order valence-electron chi connectivity index (χ4n) is 3.26. The topological polar surface area (TPSA) is 83.2 Å². The van der Waals surface area contributed by atoms with E-state index in [2.05, 4.69) is 31.9 Å². The Morgan fingerprint density at radius 1 is 1.27 bits per heavy atom. The van der Waals surface area contributed by atoms with Crippen molar-refractivity contribution < 1.29 is 9.66 Å². The molecule has 0 aliphatic carbocycles. The van der Waals surface area contributed by atoms with Crippen LogP contribution in [-0.4, -0.2) is 67.1 Å². The molecule has 1 N–H and O–H groups in total. The highest BCUT2D eigenvalue weighted by atomic mass is 32.1. The lowest BCUT2D eigenvalue weighted by Gasteiger charge is -2.27. The van der Waals surface area contributed by atoms with Crippen molar-refractivity contribution in [2.75, 3.05) is 46.4 Å². The lowest BCUT2D eigenvalue weighted by Crippen LogP contribution is -2.41. The number of hydrogen-bond donors (Lipinski definition) is 1. The zero-order chi connectivity index (χ0) is 21.2. The van der Waals surface area contributed by atoms with Gasteiger partial charge in [-0.25, -0.2) is 4.99 Å². The first kappa shape index (κ1) is 22.2. The molecule has 0 atom stereocenters. The first-order valence-corrected chi connectivity index (χ1v) is 11.1. The van der Waals surface area contributed by atoms with Gasteiger partial charge in [-0.05, 0) is 40.9 Å². The highest BCUT2D eigenvalue weighted by Gasteiger charge is 2.11. The standard InChI is InChI=1S/C21H29N5O3S/c1-24(16-19-7-14-30-17-19)21(22-8-2-9-25-10-12-29-13-11-25)23-15-18-3-5-20(6-4-18)26(27)28/h3-7,14,17H,2,8-13,15-16H2,1H3,(H,22,23). The second kappa shape index (κ2) is 11.6. The largest absolute Gasteiger partial charge is 0.379 e. The van der Waals surface area contributed by atoms with E-state index in [1.165, 1.54) is 17.7 Å². The lowest BCUT2D eigenvalue weighted by atomic mass is 10.2. The molecule has 1 aromatic carbocycles. The summed E-state index contributed by atoms with van der Waals surface area (Å²) in [5, 5.41) is 18.5. The molecule has 0 spiro atoms. The number of non-ortho nitro benzene ring substituents is 1. The highest BCUT2D eigenvalue weighted by Crippen LogP contribution is 2.13. The fraction of sp³-hybridized carbons (Fsp3) is 0.476. The minimum Gasteiger partial charge on any atom is -0.379 e. The van der Waals surface area contributed by atoms with Gasteiger partial charge >= 0.3 is 0 Å². The Balaban J connectivity index is 1.57. The van der Waals surface area contributed by atoms with E-state index in [-0.39, 0.29) is 10.6 Å². The first-order chi connectivity index (χ1) is 14.6. The van der Waals surface area contributed by atoms with Crippen LogP contribution >= 0.6 is 11.3 Å². The van der Waals surface area contributed by atoms with Crippen molar-refractivity contribution in [1.82, 2.24) is 15.1 Å². The molecule has 1 aliphatic rings. The number of nitro benzene ring substituents is 1. The van der Waals surface area contributed by atoms with E-state index in [1.807, 2.05) is 7.05 Å². The van der Waals surface area contributed by atoms with Crippen LogP contribution < -0.4 is 5.32 Å². The van der Waals surface area contributed by atoms with Gasteiger partial charge in [-0.2, -0.15) is 11.3 Å². The van der Waals surface area contributed by atoms with Gasteiger partial charge in [-0.3, -0.25) is 15.0 Å². The molecule has 0 saturated carbocycles. The van der Waals surface area contributed by atoms with Crippen molar-refractivity contribution >= 4 is 23.0 Å². The minimum atomic E-state index is -0.386. The summed E-state index contributed by atoms with van der Waals surface area (Å²) in [5.41, 5.74) is 2.29. The van der Waals surface area contributed by atoms with E-state index >= 15 is 0 Å². The maximum absolute atomic E-state index is 10.8. The SMILES string of the molecule is CN(Cc1ccsc1)C(=NCc1ccc([N+](=O)[O-])cc1)NCCCN1CCOCC1. The summed E-state index contributed by atoms with van der Waals surface area (Å²) in [5.74, 6) is 0.835. The number of nitrogens with one attached hydrogen (secondary N) is 1. The van der Waals surface area contributed by atoms with Crippen LogP contribution in [0.1, 0.15) is 17.5 Å². The number of ether oxygens (including phenoxy) is 1. The number of nitrogens with zero attached hydrogens (tertiary/aromatic N) is 4. The molecule has 1 aromatic heterocycles. The Labute approximate surface area is 181 Å². The molecule has 30 heavy (non-hydrogen) atoms. The number of aliphatic imine (C=N–C) groups is 1. The first-order valence-electron chi connectivity index (χ1n) is 10.2. The summed E-state index contributed by atoms with van der Waals surface area (Å²) in [7, 11) is 2.03. The van der Waals surface area contributed by atoms with Crippen LogP contribution in [0.3, 0.4) is 0 Å². The summed E-state index contributed by atoms with van der Waals surface area (Å²) in [6, 6.07) is 8.69. The molecule has 2 aromatic rings. The maximum Gasteiger partial charge on any atom is 0.269 e. The number of benzene rings is 1. The van der Waals surface area contributed by atoms with E-state index in [0.29, 0.717) is 6.54 Å². The number of guanidine groups is 1. The van der Waals surface area contributed by atoms with E-state index in [9.17, 15) is 10.1 Å². The van der Waals surface area contributed by atoms with E-state index < -0.39 is 0 Å². The summed E-state index contributed by atoms with van der Waals surface area (Å²) >= 11 is 1.69. The molecule has 1 saturated heterocycles. The zero-order valence-electron chi connectivity index (χ0n) is 17.3. The van der Waals surface area contributed by atoms with Crippen molar-refractivity contribution in [3.05, 3.63) is 62.3 Å². The monoisotopic (exact) mass is 431 g/mol. The van der Waals surface area contributed by atoms with Crippen molar-refractivity contribution in [3.8, 4) is 0 Å². The number of hydrogen-bond acceptors (Lipinski definition) is 6. The van der Waals surface area contributed by atoms with Gasteiger partial charge in [0.15, 0.2) is 5.96 Å². The predicted octanol–water partition coefficient (Wildman–Crippen LogP) is 2.96. The highest BCUT2D eigenvalue weighted by molar-refractivity contribution is 7.07. The van der Waals surface area contributed by atoms with Gasteiger partial charge in [-0.15, -0.1) is 0 Å². The molecule has 8 nitrogen and oxygen atoms in total. The molecule has 162 valence electrons. The molecule has 9 heteroatoms. The van der Waals surface area contributed by atoms with Crippen molar-refractivity contribution in [2.45, 2.75) is 19.5 Å². The number of thiophene rings is 1. The molecule has 1 fully saturated rings. The van der Waals surface area contributed by atoms with Gasteiger partial charge in [0.05, 0.1) is 24.7 Å². The van der Waals surface area contributed by atoms with Gasteiger partial charge in [0, 0.05) is 45.4 Å². The predicted molar refractivity (Wildman–Crippen MR) is 120 cm³/mol. The van der Waals surface area contributed by atoms with Gasteiger partial charge in [-0.1, -0.05) is 12.1 Å². The molecule has 0 bridgehead atoms. The third kappa shape index (κ3) is 7.08. The molecule has 2 heterocycles. The number of rotatable bonds is 9. The van der Waals surface area contributed by atoms with Crippen molar-refractivity contribution in [3.63, 3.8) is 0 Å². The minimum absolute atomic E-state index is 0.0961. The van der Waals surface area contributed by atoms with Crippen molar-refractivity contribution in [2.24, 2.45) is 4.99 Å². The zero-order valence-corrected chi connectivity index (χ0v) is 18.1. The summed E-state index contributed by atoms with van der Waals surface area (Å²) in [4.78, 5) is 19.7. The van der Waals surface area contributed by atoms with Crippen LogP contribution in [0.2, 0.25) is 0 Å². The van der Waals surface area contributed by atoms with E-state index in [4.69, 9.17) is 9.73 Å². The maximum atomic E-state index is 10.8. The molecular formula is C21H29N5O3S. The Morgan fingerprint density at radius 3 is 2.70 bits per heavy atom. The van der Waals surface area contributed by atoms with E-state index in [0.717, 1.165) is 63.9 Å². The average Bonchev–Trinajstić information content (AvgIpc) is 3.27. The molecule has 0 radical (unpaired) electrons. The molecule has 1 aliphatic heterocycles. The van der Waals surface area contributed by atoms with Crippen LogP contribution in [0.25, 0.3) is 0 Å². The number of morpholine rings is 1. The van der Waals surface area contributed by atoms with Crippen LogP contribution in [-0.2, 0) is 17.8 Å². The Bertz CT molecular complexity index is 805. The smallest absolute Gasteiger partial charge is 0.269 e. The van der Waals surface area contributed by atoms with Crippen LogP contribution in [0.4, 0.5) is 5.69 Å². The second-order valence-electron chi connectivity index (χ2n) is 7.29. The second-order valence-corrected chi connectivity index (χ2v) is 8.07. The molecule has 3 rings (SSSR count). The van der Waals surface area contributed by atoms with Crippen LogP contribution in [0.5, 0.6) is 0 Å². The Morgan fingerprint density at radius 2 is 2.03 bits per heavy atom. The van der Waals surface area contributed by atoms with Gasteiger partial charge in [0.25, 0.3) is 5.69 Å². The molecular weight excluding hydrogens is 402 g/mol. The quantitative estimate of drug-likeness (QED) is 0.216. The molecule has 0 amide bonds. The van der Waals surface area contributed by atoms with Crippen LogP contribution in [0.15, 0.2) is 46.1 Å². The average molecular weight is 432 g/mol. The third-order valence-electron chi connectivity index (χ3n) is 4.96. The summed E-state index contributed by atoms with van der Waals surface area (Å²) < 4.78 is 5.40. The normalized spacial score (nSPS) is 15.2. The van der Waals surface area contributed by atoms with Gasteiger partial charge in [0.1, 0.15) is 0 Å². The van der Waals surface area contributed by atoms with Gasteiger partial charge < -0.3 is 15.0 Å². The summed E-state index contributed by atoms with van der Waals surface area (Å²) in [6.07, 6.45) is 1.03. The third-order valence-corrected chi connectivity index (χ3v) is 5.69. The van der Waals surface area contributed by atoms with Crippen LogP contribution in [0, 0.1) is 10.1 Å². The number of nitro groups is 1. The van der Waals surface area contributed by atoms with Gasteiger partial charge in [0.2, 0.25) is 0 Å². The van der Waals surface area contributed by atoms with E-state index in [1.54, 1.807) is 23.5 Å². The lowest BCUT2D eigenvalue weighted by molar-refractivity contribution is -0.384. The van der Waals surface area contributed by atoms with Crippen molar-refractivity contribution in [1.29, 1.82) is 0 Å². The Hall–Kier alpha value is -2.49.